The van der Waals surface area contributed by atoms with Crippen LogP contribution in [0, 0.1) is 5.82 Å². The molecule has 2 unspecified atom stereocenters. The quantitative estimate of drug-likeness (QED) is 0.408. The summed E-state index contributed by atoms with van der Waals surface area (Å²) in [6.45, 7) is 1.13. The molecule has 6 rings (SSSR count). The third-order valence-electron chi connectivity index (χ3n) is 7.19. The fraction of sp³-hybridized carbons (Fsp3) is 0.333. The van der Waals surface area contributed by atoms with Crippen LogP contribution in [0.3, 0.4) is 0 Å². The second-order valence-corrected chi connectivity index (χ2v) is 9.93. The first kappa shape index (κ1) is 23.1. The second kappa shape index (κ2) is 8.94. The summed E-state index contributed by atoms with van der Waals surface area (Å²) in [4.78, 5) is 35.0. The van der Waals surface area contributed by atoms with Crippen LogP contribution in [0.2, 0.25) is 5.02 Å². The third-order valence-corrected chi connectivity index (χ3v) is 7.43. The predicted molar refractivity (Wildman–Crippen MR) is 135 cm³/mol. The van der Waals surface area contributed by atoms with E-state index < -0.39 is 5.82 Å². The third kappa shape index (κ3) is 3.94. The van der Waals surface area contributed by atoms with Gasteiger partial charge in [-0.1, -0.05) is 11.6 Å². The Morgan fingerprint density at radius 1 is 1.14 bits per heavy atom. The van der Waals surface area contributed by atoms with Gasteiger partial charge in [-0.25, -0.2) is 9.37 Å². The van der Waals surface area contributed by atoms with Gasteiger partial charge in [-0.3, -0.25) is 19.1 Å². The van der Waals surface area contributed by atoms with Crippen LogP contribution in [0.4, 0.5) is 4.39 Å². The number of aryl methyl sites for hydroxylation is 2. The Bertz CT molecular complexity index is 1630. The van der Waals surface area contributed by atoms with Gasteiger partial charge in [-0.2, -0.15) is 0 Å². The lowest BCUT2D eigenvalue weighted by atomic mass is 9.88. The van der Waals surface area contributed by atoms with Crippen LogP contribution in [0.15, 0.2) is 52.2 Å². The molecule has 0 bridgehead atoms. The van der Waals surface area contributed by atoms with Crippen molar-refractivity contribution in [2.75, 3.05) is 6.61 Å². The van der Waals surface area contributed by atoms with Crippen molar-refractivity contribution in [1.29, 1.82) is 0 Å². The van der Waals surface area contributed by atoms with E-state index in [1.807, 2.05) is 6.07 Å². The molecule has 2 aliphatic heterocycles. The molecule has 5 heterocycles. The van der Waals surface area contributed by atoms with Gasteiger partial charge in [0.05, 0.1) is 17.2 Å². The molecule has 0 radical (unpaired) electrons. The highest BCUT2D eigenvalue weighted by Gasteiger charge is 2.29. The highest BCUT2D eigenvalue weighted by molar-refractivity contribution is 6.30. The Morgan fingerprint density at radius 3 is 2.81 bits per heavy atom. The van der Waals surface area contributed by atoms with Crippen LogP contribution in [-0.2, 0) is 24.8 Å². The molecule has 0 amide bonds. The molecule has 2 atom stereocenters. The molecule has 4 aromatic rings. The maximum absolute atomic E-state index is 15.1. The SMILES string of the molecule is Cn1cc(C2CC(c3cc4c(=O)n5c(nc4c(-c4ccc(Cl)cc4F)n3)CCC5)CCO2)ccc1=O. The average Bonchev–Trinajstić information content (AvgIpc) is 3.35. The molecule has 0 aliphatic carbocycles. The number of rotatable bonds is 3. The van der Waals surface area contributed by atoms with Gasteiger partial charge in [0.2, 0.25) is 5.56 Å². The van der Waals surface area contributed by atoms with Gasteiger partial charge in [0.1, 0.15) is 17.2 Å². The van der Waals surface area contributed by atoms with Gasteiger partial charge < -0.3 is 9.30 Å². The molecular formula is C27H24ClFN4O3. The summed E-state index contributed by atoms with van der Waals surface area (Å²) in [5.41, 5.74) is 2.45. The first-order valence-electron chi connectivity index (χ1n) is 12.1. The lowest BCUT2D eigenvalue weighted by Gasteiger charge is -2.30. The van der Waals surface area contributed by atoms with Gasteiger partial charge in [0, 0.05) is 61.1 Å². The summed E-state index contributed by atoms with van der Waals surface area (Å²) in [6, 6.07) is 9.60. The standard InChI is InChI=1S/C27H24ClFN4O3/c1-32-14-16(4-7-24(32)34)22-11-15(8-10-36-22)21-13-19-26(31-23-3-2-9-33(23)27(19)35)25(30-21)18-6-5-17(28)12-20(18)29/h4-7,12-15,22H,2-3,8-11H2,1H3. The van der Waals surface area contributed by atoms with Gasteiger partial charge in [-0.05, 0) is 55.2 Å². The van der Waals surface area contributed by atoms with E-state index >= 15 is 4.39 Å². The number of pyridine rings is 2. The molecule has 1 saturated heterocycles. The van der Waals surface area contributed by atoms with E-state index in [2.05, 4.69) is 0 Å². The molecule has 1 fully saturated rings. The molecule has 7 nitrogen and oxygen atoms in total. The zero-order valence-corrected chi connectivity index (χ0v) is 20.5. The number of halogens is 2. The Hall–Kier alpha value is -3.36. The van der Waals surface area contributed by atoms with Crippen molar-refractivity contribution in [1.82, 2.24) is 19.1 Å². The van der Waals surface area contributed by atoms with Crippen molar-refractivity contribution in [2.45, 2.75) is 44.2 Å². The van der Waals surface area contributed by atoms with Crippen LogP contribution in [-0.4, -0.2) is 25.7 Å². The molecule has 0 N–H and O–H groups in total. The minimum absolute atomic E-state index is 0.0165. The van der Waals surface area contributed by atoms with Crippen LogP contribution in [0.25, 0.3) is 22.2 Å². The molecule has 3 aromatic heterocycles. The second-order valence-electron chi connectivity index (χ2n) is 9.50. The lowest BCUT2D eigenvalue weighted by Crippen LogP contribution is -2.24. The minimum atomic E-state index is -0.508. The number of hydrogen-bond donors (Lipinski definition) is 0. The Morgan fingerprint density at radius 2 is 2.00 bits per heavy atom. The molecule has 1 aromatic carbocycles. The summed E-state index contributed by atoms with van der Waals surface area (Å²) in [5, 5.41) is 0.732. The predicted octanol–water partition coefficient (Wildman–Crippen LogP) is 4.53. The van der Waals surface area contributed by atoms with E-state index in [1.54, 1.807) is 36.0 Å². The maximum Gasteiger partial charge on any atom is 0.261 e. The molecule has 0 spiro atoms. The molecule has 9 heteroatoms. The summed E-state index contributed by atoms with van der Waals surface area (Å²) in [5.74, 6) is 0.182. The van der Waals surface area contributed by atoms with Crippen molar-refractivity contribution in [3.63, 3.8) is 0 Å². The zero-order chi connectivity index (χ0) is 25.0. The number of hydrogen-bond acceptors (Lipinski definition) is 5. The number of benzene rings is 1. The molecule has 184 valence electrons. The Kier molecular flexibility index (Phi) is 5.73. The topological polar surface area (TPSA) is 79.0 Å². The van der Waals surface area contributed by atoms with Crippen LogP contribution >= 0.6 is 11.6 Å². The van der Waals surface area contributed by atoms with Gasteiger partial charge in [-0.15, -0.1) is 0 Å². The van der Waals surface area contributed by atoms with Crippen molar-refractivity contribution in [3.05, 3.63) is 91.2 Å². The first-order chi connectivity index (χ1) is 17.4. The molecule has 2 aliphatic rings. The van der Waals surface area contributed by atoms with Crippen molar-refractivity contribution in [2.24, 2.45) is 7.05 Å². The highest BCUT2D eigenvalue weighted by Crippen LogP contribution is 2.39. The van der Waals surface area contributed by atoms with Crippen molar-refractivity contribution >= 4 is 22.5 Å². The Labute approximate surface area is 211 Å². The molecule has 36 heavy (non-hydrogen) atoms. The van der Waals surface area contributed by atoms with Gasteiger partial charge >= 0.3 is 0 Å². The molecular weight excluding hydrogens is 483 g/mol. The number of nitrogens with zero attached hydrogens (tertiary/aromatic N) is 4. The summed E-state index contributed by atoms with van der Waals surface area (Å²) in [6.07, 6.45) is 4.46. The fourth-order valence-electron chi connectivity index (χ4n) is 5.29. The van der Waals surface area contributed by atoms with Crippen molar-refractivity contribution < 1.29 is 9.13 Å². The summed E-state index contributed by atoms with van der Waals surface area (Å²) < 4.78 is 24.4. The van der Waals surface area contributed by atoms with E-state index in [0.29, 0.717) is 60.5 Å². The monoisotopic (exact) mass is 506 g/mol. The van der Waals surface area contributed by atoms with E-state index in [0.717, 1.165) is 12.0 Å². The van der Waals surface area contributed by atoms with E-state index in [9.17, 15) is 9.59 Å². The van der Waals surface area contributed by atoms with Crippen LogP contribution < -0.4 is 11.1 Å². The lowest BCUT2D eigenvalue weighted by molar-refractivity contribution is 0.00431. The van der Waals surface area contributed by atoms with Crippen LogP contribution in [0.5, 0.6) is 0 Å². The number of fused-ring (bicyclic) bond motifs is 2. The van der Waals surface area contributed by atoms with Crippen LogP contribution in [0.1, 0.15) is 48.4 Å². The van der Waals surface area contributed by atoms with Gasteiger partial charge in [0.25, 0.3) is 5.56 Å². The van der Waals surface area contributed by atoms with Crippen molar-refractivity contribution in [3.8, 4) is 11.3 Å². The molecule has 0 saturated carbocycles. The summed E-state index contributed by atoms with van der Waals surface area (Å²) in [7, 11) is 1.71. The zero-order valence-electron chi connectivity index (χ0n) is 19.7. The first-order valence-corrected chi connectivity index (χ1v) is 12.4. The number of aromatic nitrogens is 4. The highest BCUT2D eigenvalue weighted by atomic mass is 35.5. The fourth-order valence-corrected chi connectivity index (χ4v) is 5.44. The van der Waals surface area contributed by atoms with E-state index in [4.69, 9.17) is 26.3 Å². The van der Waals surface area contributed by atoms with Gasteiger partial charge in [0.15, 0.2) is 0 Å². The number of ether oxygens (including phenoxy) is 1. The average molecular weight is 507 g/mol. The normalized spacial score (nSPS) is 19.5. The Balaban J connectivity index is 1.50. The smallest absolute Gasteiger partial charge is 0.261 e. The maximum atomic E-state index is 15.1. The minimum Gasteiger partial charge on any atom is -0.373 e. The van der Waals surface area contributed by atoms with E-state index in [-0.39, 0.29) is 33.7 Å². The largest absolute Gasteiger partial charge is 0.373 e. The summed E-state index contributed by atoms with van der Waals surface area (Å²) >= 11 is 6.01. The van der Waals surface area contributed by atoms with E-state index in [1.165, 1.54) is 16.7 Å².